The summed E-state index contributed by atoms with van der Waals surface area (Å²) < 4.78 is 28.5. The van der Waals surface area contributed by atoms with Crippen molar-refractivity contribution in [2.24, 2.45) is 5.14 Å². The van der Waals surface area contributed by atoms with E-state index in [0.29, 0.717) is 10.6 Å². The number of anilines is 1. The number of nitrogens with one attached hydrogen (secondary N) is 1. The molecule has 9 heteroatoms. The van der Waals surface area contributed by atoms with Gasteiger partial charge in [0.05, 0.1) is 17.8 Å². The summed E-state index contributed by atoms with van der Waals surface area (Å²) >= 11 is 1.26. The van der Waals surface area contributed by atoms with Gasteiger partial charge >= 0.3 is 0 Å². The van der Waals surface area contributed by atoms with Gasteiger partial charge in [-0.3, -0.25) is 4.79 Å². The molecule has 1 aromatic heterocycles. The van der Waals surface area contributed by atoms with E-state index in [9.17, 15) is 13.2 Å². The molecule has 0 spiro atoms. The average molecular weight is 403 g/mol. The lowest BCUT2D eigenvalue weighted by Gasteiger charge is -2.10. The lowest BCUT2D eigenvalue weighted by molar-refractivity contribution is 0.103. The maximum absolute atomic E-state index is 12.8. The standard InChI is InChI=1S/C18H17N3O4S2/c1-11-20-16(12-6-4-3-5-7-12)17(26-11)18(22)21-13-8-9-14(25-2)15(10-13)27(19,23)24/h3-10H,1-2H3,(H,21,22)(H2,19,23,24). The number of sulfonamides is 1. The van der Waals surface area contributed by atoms with Crippen molar-refractivity contribution >= 4 is 33.0 Å². The number of carbonyl (C=O) groups is 1. The molecule has 140 valence electrons. The highest BCUT2D eigenvalue weighted by molar-refractivity contribution is 7.89. The lowest BCUT2D eigenvalue weighted by Crippen LogP contribution is -2.15. The number of aromatic nitrogens is 1. The lowest BCUT2D eigenvalue weighted by atomic mass is 10.1. The van der Waals surface area contributed by atoms with Crippen LogP contribution in [0.15, 0.2) is 53.4 Å². The van der Waals surface area contributed by atoms with Gasteiger partial charge in [0.1, 0.15) is 15.5 Å². The molecular weight excluding hydrogens is 386 g/mol. The van der Waals surface area contributed by atoms with Gasteiger partial charge in [0.15, 0.2) is 0 Å². The normalized spacial score (nSPS) is 11.2. The van der Waals surface area contributed by atoms with Crippen LogP contribution in [0, 0.1) is 6.92 Å². The Balaban J connectivity index is 1.96. The molecule has 2 aromatic carbocycles. The van der Waals surface area contributed by atoms with Gasteiger partial charge in [0.2, 0.25) is 10.0 Å². The van der Waals surface area contributed by atoms with Crippen LogP contribution in [0.5, 0.6) is 5.75 Å². The topological polar surface area (TPSA) is 111 Å². The van der Waals surface area contributed by atoms with Crippen molar-refractivity contribution < 1.29 is 17.9 Å². The summed E-state index contributed by atoms with van der Waals surface area (Å²) in [6.07, 6.45) is 0. The van der Waals surface area contributed by atoms with E-state index in [2.05, 4.69) is 10.3 Å². The van der Waals surface area contributed by atoms with Crippen LogP contribution in [-0.2, 0) is 10.0 Å². The molecule has 0 saturated heterocycles. The van der Waals surface area contributed by atoms with E-state index in [-0.39, 0.29) is 22.2 Å². The van der Waals surface area contributed by atoms with E-state index in [1.165, 1.54) is 30.6 Å². The van der Waals surface area contributed by atoms with Crippen LogP contribution in [0.25, 0.3) is 11.3 Å². The van der Waals surface area contributed by atoms with E-state index >= 15 is 0 Å². The van der Waals surface area contributed by atoms with Gasteiger partial charge < -0.3 is 10.1 Å². The third kappa shape index (κ3) is 4.16. The molecule has 0 fully saturated rings. The van der Waals surface area contributed by atoms with Gasteiger partial charge in [-0.25, -0.2) is 18.5 Å². The number of ether oxygens (including phenoxy) is 1. The molecule has 0 saturated carbocycles. The van der Waals surface area contributed by atoms with Gasteiger partial charge in [0, 0.05) is 11.3 Å². The Labute approximate surface area is 160 Å². The summed E-state index contributed by atoms with van der Waals surface area (Å²) in [6.45, 7) is 1.82. The number of amides is 1. The van der Waals surface area contributed by atoms with Crippen molar-refractivity contribution in [2.45, 2.75) is 11.8 Å². The van der Waals surface area contributed by atoms with Crippen LogP contribution in [0.4, 0.5) is 5.69 Å². The number of nitrogens with zero attached hydrogens (tertiary/aromatic N) is 1. The quantitative estimate of drug-likeness (QED) is 0.680. The summed E-state index contributed by atoms with van der Waals surface area (Å²) in [4.78, 5) is 17.5. The molecule has 27 heavy (non-hydrogen) atoms. The van der Waals surface area contributed by atoms with Gasteiger partial charge in [-0.15, -0.1) is 11.3 Å². The Bertz CT molecular complexity index is 1090. The number of primary sulfonamides is 1. The molecule has 0 aliphatic heterocycles. The molecular formula is C18H17N3O4S2. The third-order valence-corrected chi connectivity index (χ3v) is 5.62. The van der Waals surface area contributed by atoms with Gasteiger partial charge in [0.25, 0.3) is 5.91 Å². The van der Waals surface area contributed by atoms with Crippen LogP contribution in [0.2, 0.25) is 0 Å². The fourth-order valence-corrected chi connectivity index (χ4v) is 4.10. The summed E-state index contributed by atoms with van der Waals surface area (Å²) in [5, 5.41) is 8.67. The Hall–Kier alpha value is -2.75. The number of aryl methyl sites for hydroxylation is 1. The Morgan fingerprint density at radius 1 is 1.19 bits per heavy atom. The number of nitrogens with two attached hydrogens (primary N) is 1. The first-order valence-electron chi connectivity index (χ1n) is 7.84. The minimum Gasteiger partial charge on any atom is -0.495 e. The van der Waals surface area contributed by atoms with E-state index in [0.717, 1.165) is 10.6 Å². The summed E-state index contributed by atoms with van der Waals surface area (Å²) in [5.41, 5.74) is 1.69. The molecule has 0 atom stereocenters. The molecule has 0 aliphatic rings. The number of hydrogen-bond donors (Lipinski definition) is 2. The van der Waals surface area contributed by atoms with Crippen molar-refractivity contribution in [3.05, 3.63) is 58.4 Å². The highest BCUT2D eigenvalue weighted by atomic mass is 32.2. The van der Waals surface area contributed by atoms with Crippen molar-refractivity contribution in [1.29, 1.82) is 0 Å². The van der Waals surface area contributed by atoms with Crippen molar-refractivity contribution in [3.8, 4) is 17.0 Å². The second-order valence-corrected chi connectivity index (χ2v) is 8.37. The summed E-state index contributed by atoms with van der Waals surface area (Å²) in [6, 6.07) is 13.6. The first-order valence-corrected chi connectivity index (χ1v) is 10.2. The Morgan fingerprint density at radius 2 is 1.89 bits per heavy atom. The number of methoxy groups -OCH3 is 1. The number of rotatable bonds is 5. The molecule has 0 bridgehead atoms. The molecule has 3 aromatic rings. The van der Waals surface area contributed by atoms with E-state index < -0.39 is 10.0 Å². The van der Waals surface area contributed by atoms with Crippen LogP contribution in [0.3, 0.4) is 0 Å². The average Bonchev–Trinajstić information content (AvgIpc) is 3.03. The van der Waals surface area contributed by atoms with Crippen LogP contribution < -0.4 is 15.2 Å². The smallest absolute Gasteiger partial charge is 0.268 e. The molecule has 3 rings (SSSR count). The molecule has 7 nitrogen and oxygen atoms in total. The highest BCUT2D eigenvalue weighted by Gasteiger charge is 2.20. The zero-order valence-electron chi connectivity index (χ0n) is 14.6. The molecule has 0 unspecified atom stereocenters. The molecule has 0 radical (unpaired) electrons. The highest BCUT2D eigenvalue weighted by Crippen LogP contribution is 2.30. The minimum absolute atomic E-state index is 0.106. The zero-order chi connectivity index (χ0) is 19.6. The minimum atomic E-state index is -4.00. The Kier molecular flexibility index (Phi) is 5.26. The first-order chi connectivity index (χ1) is 12.8. The van der Waals surface area contributed by atoms with E-state index in [1.807, 2.05) is 37.3 Å². The molecule has 3 N–H and O–H groups in total. The van der Waals surface area contributed by atoms with Gasteiger partial charge in [-0.1, -0.05) is 30.3 Å². The fourth-order valence-electron chi connectivity index (χ4n) is 2.54. The molecule has 1 heterocycles. The maximum Gasteiger partial charge on any atom is 0.268 e. The summed E-state index contributed by atoms with van der Waals surface area (Å²) in [7, 11) is -2.66. The van der Waals surface area contributed by atoms with E-state index in [4.69, 9.17) is 9.88 Å². The van der Waals surface area contributed by atoms with Crippen LogP contribution in [0.1, 0.15) is 14.7 Å². The third-order valence-electron chi connectivity index (χ3n) is 3.72. The number of hydrogen-bond acceptors (Lipinski definition) is 6. The number of benzene rings is 2. The fraction of sp³-hybridized carbons (Fsp3) is 0.111. The maximum atomic E-state index is 12.8. The van der Waals surface area contributed by atoms with Crippen molar-refractivity contribution in [2.75, 3.05) is 12.4 Å². The largest absolute Gasteiger partial charge is 0.495 e. The number of carbonyl (C=O) groups excluding carboxylic acids is 1. The van der Waals surface area contributed by atoms with E-state index in [1.54, 1.807) is 6.07 Å². The predicted octanol–water partition coefficient (Wildman–Crippen LogP) is 3.03. The molecule has 1 amide bonds. The van der Waals surface area contributed by atoms with Crippen molar-refractivity contribution in [1.82, 2.24) is 4.98 Å². The van der Waals surface area contributed by atoms with Crippen molar-refractivity contribution in [3.63, 3.8) is 0 Å². The zero-order valence-corrected chi connectivity index (χ0v) is 16.2. The van der Waals surface area contributed by atoms with Crippen LogP contribution >= 0.6 is 11.3 Å². The van der Waals surface area contributed by atoms with Gasteiger partial charge in [-0.2, -0.15) is 0 Å². The monoisotopic (exact) mass is 403 g/mol. The SMILES string of the molecule is COc1ccc(NC(=O)c2sc(C)nc2-c2ccccc2)cc1S(N)(=O)=O. The second-order valence-electron chi connectivity index (χ2n) is 5.64. The molecule has 0 aliphatic carbocycles. The summed E-state index contributed by atoms with van der Waals surface area (Å²) in [5.74, 6) is -0.279. The first kappa shape index (κ1) is 19.0. The Morgan fingerprint density at radius 3 is 2.52 bits per heavy atom. The van der Waals surface area contributed by atoms with Crippen LogP contribution in [-0.4, -0.2) is 26.4 Å². The number of thiazole rings is 1. The van der Waals surface area contributed by atoms with Gasteiger partial charge in [-0.05, 0) is 25.1 Å². The predicted molar refractivity (Wildman–Crippen MR) is 105 cm³/mol. The second kappa shape index (κ2) is 7.47.